The summed E-state index contributed by atoms with van der Waals surface area (Å²) in [6.45, 7) is 0.433. The van der Waals surface area contributed by atoms with Gasteiger partial charge in [-0.3, -0.25) is 0 Å². The van der Waals surface area contributed by atoms with Crippen molar-refractivity contribution >= 4 is 25.3 Å². The van der Waals surface area contributed by atoms with Crippen LogP contribution in [0, 0.1) is 0 Å². The molecule has 0 amide bonds. The van der Waals surface area contributed by atoms with Crippen molar-refractivity contribution in [1.29, 1.82) is 0 Å². The lowest BCUT2D eigenvalue weighted by molar-refractivity contribution is 0.00690. The van der Waals surface area contributed by atoms with Gasteiger partial charge >= 0.3 is 0 Å². The SMILES string of the molecule is OC(CS)COCC(O)CS. The van der Waals surface area contributed by atoms with Crippen LogP contribution in [-0.2, 0) is 4.74 Å². The number of ether oxygens (including phenoxy) is 1. The monoisotopic (exact) mass is 198 g/mol. The van der Waals surface area contributed by atoms with Crippen molar-refractivity contribution in [2.75, 3.05) is 24.7 Å². The Labute approximate surface area is 77.6 Å². The molecule has 11 heavy (non-hydrogen) atoms. The summed E-state index contributed by atoms with van der Waals surface area (Å²) in [5.41, 5.74) is 0. The van der Waals surface area contributed by atoms with Gasteiger partial charge in [0, 0.05) is 11.5 Å². The van der Waals surface area contributed by atoms with Crippen molar-refractivity contribution < 1.29 is 14.9 Å². The molecule has 3 nitrogen and oxygen atoms in total. The number of aliphatic hydroxyl groups is 2. The molecule has 0 heterocycles. The Bertz CT molecular complexity index is 81.9. The molecule has 0 spiro atoms. The van der Waals surface area contributed by atoms with E-state index >= 15 is 0 Å². The summed E-state index contributed by atoms with van der Waals surface area (Å²) < 4.78 is 4.94. The van der Waals surface area contributed by atoms with Gasteiger partial charge < -0.3 is 14.9 Å². The van der Waals surface area contributed by atoms with E-state index in [0.717, 1.165) is 0 Å². The number of thiol groups is 2. The van der Waals surface area contributed by atoms with E-state index in [0.29, 0.717) is 11.5 Å². The predicted octanol–water partition coefficient (Wildman–Crippen LogP) is -0.416. The van der Waals surface area contributed by atoms with Crippen LogP contribution in [0.2, 0.25) is 0 Å². The van der Waals surface area contributed by atoms with Gasteiger partial charge in [0.1, 0.15) is 0 Å². The first kappa shape index (κ1) is 11.6. The zero-order valence-electron chi connectivity index (χ0n) is 6.18. The maximum absolute atomic E-state index is 8.94. The van der Waals surface area contributed by atoms with Crippen molar-refractivity contribution in [1.82, 2.24) is 0 Å². The van der Waals surface area contributed by atoms with E-state index in [1.807, 2.05) is 0 Å². The lowest BCUT2D eigenvalue weighted by Gasteiger charge is -2.10. The van der Waals surface area contributed by atoms with E-state index in [4.69, 9.17) is 14.9 Å². The molecule has 2 N–H and O–H groups in total. The average molecular weight is 198 g/mol. The Hall–Kier alpha value is 0.580. The van der Waals surface area contributed by atoms with Crippen LogP contribution >= 0.6 is 25.3 Å². The van der Waals surface area contributed by atoms with Crippen LogP contribution in [0.15, 0.2) is 0 Å². The third kappa shape index (κ3) is 6.96. The minimum atomic E-state index is -0.551. The normalized spacial score (nSPS) is 16.4. The number of hydrogen-bond donors (Lipinski definition) is 4. The number of aliphatic hydroxyl groups excluding tert-OH is 2. The highest BCUT2D eigenvalue weighted by Gasteiger charge is 2.04. The van der Waals surface area contributed by atoms with Crippen LogP contribution in [-0.4, -0.2) is 47.1 Å². The molecule has 0 bridgehead atoms. The summed E-state index contributed by atoms with van der Waals surface area (Å²) in [4.78, 5) is 0. The highest BCUT2D eigenvalue weighted by Crippen LogP contribution is 1.92. The average Bonchev–Trinajstić information content (AvgIpc) is 2.04. The minimum absolute atomic E-state index is 0.217. The summed E-state index contributed by atoms with van der Waals surface area (Å²) in [6, 6.07) is 0. The zero-order chi connectivity index (χ0) is 8.69. The molecule has 0 fully saturated rings. The molecule has 0 aliphatic rings. The van der Waals surface area contributed by atoms with Crippen LogP contribution < -0.4 is 0 Å². The van der Waals surface area contributed by atoms with Gasteiger partial charge in [0.15, 0.2) is 0 Å². The van der Waals surface area contributed by atoms with Gasteiger partial charge in [0.2, 0.25) is 0 Å². The summed E-state index contributed by atoms with van der Waals surface area (Å²) in [5.74, 6) is 0.744. The molecule has 0 aromatic heterocycles. The van der Waals surface area contributed by atoms with Gasteiger partial charge in [-0.05, 0) is 0 Å². The third-order valence-corrected chi connectivity index (χ3v) is 1.88. The Morgan fingerprint density at radius 2 is 1.36 bits per heavy atom. The maximum atomic E-state index is 8.94. The molecule has 0 aromatic carbocycles. The lowest BCUT2D eigenvalue weighted by Crippen LogP contribution is -2.23. The molecule has 0 saturated carbocycles. The molecule has 0 rings (SSSR count). The van der Waals surface area contributed by atoms with E-state index in [-0.39, 0.29) is 13.2 Å². The molecule has 0 radical (unpaired) electrons. The standard InChI is InChI=1S/C6H14O3S2/c7-5(3-10)1-9-2-6(8)4-11/h5-8,10-11H,1-4H2. The molecule has 5 heteroatoms. The van der Waals surface area contributed by atoms with Gasteiger partial charge in [-0.1, -0.05) is 0 Å². The molecule has 0 aliphatic heterocycles. The Morgan fingerprint density at radius 1 is 1.00 bits per heavy atom. The largest absolute Gasteiger partial charge is 0.390 e. The second-order valence-electron chi connectivity index (χ2n) is 2.21. The lowest BCUT2D eigenvalue weighted by atomic mass is 10.4. The summed E-state index contributed by atoms with van der Waals surface area (Å²) in [6.07, 6.45) is -1.10. The molecule has 2 unspecified atom stereocenters. The van der Waals surface area contributed by atoms with Gasteiger partial charge in [0.25, 0.3) is 0 Å². The van der Waals surface area contributed by atoms with Crippen LogP contribution in [0.25, 0.3) is 0 Å². The highest BCUT2D eigenvalue weighted by atomic mass is 32.1. The van der Waals surface area contributed by atoms with Crippen molar-refractivity contribution in [3.63, 3.8) is 0 Å². The van der Waals surface area contributed by atoms with E-state index in [1.54, 1.807) is 0 Å². The van der Waals surface area contributed by atoms with Crippen molar-refractivity contribution in [3.8, 4) is 0 Å². The zero-order valence-corrected chi connectivity index (χ0v) is 7.97. The predicted molar refractivity (Wildman–Crippen MR) is 50.5 cm³/mol. The van der Waals surface area contributed by atoms with E-state index in [1.165, 1.54) is 0 Å². The quantitative estimate of drug-likeness (QED) is 0.439. The van der Waals surface area contributed by atoms with Gasteiger partial charge in [-0.15, -0.1) is 0 Å². The topological polar surface area (TPSA) is 49.7 Å². The fraction of sp³-hybridized carbons (Fsp3) is 1.00. The summed E-state index contributed by atoms with van der Waals surface area (Å²) in [7, 11) is 0. The van der Waals surface area contributed by atoms with Crippen molar-refractivity contribution in [2.24, 2.45) is 0 Å². The van der Waals surface area contributed by atoms with Gasteiger partial charge in [-0.25, -0.2) is 0 Å². The highest BCUT2D eigenvalue weighted by molar-refractivity contribution is 7.80. The second kappa shape index (κ2) is 7.24. The number of rotatable bonds is 6. The first-order valence-electron chi connectivity index (χ1n) is 3.36. The summed E-state index contributed by atoms with van der Waals surface area (Å²) in [5, 5.41) is 17.9. The molecular formula is C6H14O3S2. The van der Waals surface area contributed by atoms with Crippen molar-refractivity contribution in [2.45, 2.75) is 12.2 Å². The van der Waals surface area contributed by atoms with Gasteiger partial charge in [0.05, 0.1) is 25.4 Å². The number of hydrogen-bond acceptors (Lipinski definition) is 5. The molecular weight excluding hydrogens is 184 g/mol. The molecule has 2 atom stereocenters. The Kier molecular flexibility index (Phi) is 7.62. The van der Waals surface area contributed by atoms with Gasteiger partial charge in [-0.2, -0.15) is 25.3 Å². The van der Waals surface area contributed by atoms with Crippen LogP contribution in [0.5, 0.6) is 0 Å². The molecule has 0 aromatic rings. The molecule has 0 aliphatic carbocycles. The van der Waals surface area contributed by atoms with E-state index < -0.39 is 12.2 Å². The van der Waals surface area contributed by atoms with E-state index in [2.05, 4.69) is 25.3 Å². The first-order chi connectivity index (χ1) is 5.20. The smallest absolute Gasteiger partial charge is 0.0861 e. The van der Waals surface area contributed by atoms with E-state index in [9.17, 15) is 0 Å². The maximum Gasteiger partial charge on any atom is 0.0861 e. The summed E-state index contributed by atoms with van der Waals surface area (Å²) >= 11 is 7.71. The Morgan fingerprint density at radius 3 is 1.64 bits per heavy atom. The van der Waals surface area contributed by atoms with Crippen molar-refractivity contribution in [3.05, 3.63) is 0 Å². The fourth-order valence-corrected chi connectivity index (χ4v) is 0.656. The Balaban J connectivity index is 3.13. The molecule has 68 valence electrons. The van der Waals surface area contributed by atoms with Crippen LogP contribution in [0.1, 0.15) is 0 Å². The molecule has 0 saturated heterocycles. The fourth-order valence-electron chi connectivity index (χ4n) is 0.446. The third-order valence-electron chi connectivity index (χ3n) is 1.04. The van der Waals surface area contributed by atoms with Crippen LogP contribution in [0.3, 0.4) is 0 Å². The second-order valence-corrected chi connectivity index (χ2v) is 2.94. The first-order valence-corrected chi connectivity index (χ1v) is 4.62. The van der Waals surface area contributed by atoms with Crippen LogP contribution in [0.4, 0.5) is 0 Å². The minimum Gasteiger partial charge on any atom is -0.390 e.